The molecule has 6 heteroatoms. The van der Waals surface area contributed by atoms with E-state index in [-0.39, 0.29) is 0 Å². The molecule has 25 heavy (non-hydrogen) atoms. The summed E-state index contributed by atoms with van der Waals surface area (Å²) in [7, 11) is 1.81. The topological polar surface area (TPSA) is 54.9 Å². The molecular weight excluding hydrogens is 334 g/mol. The van der Waals surface area contributed by atoms with Crippen molar-refractivity contribution in [3.63, 3.8) is 0 Å². The molecule has 1 atom stereocenters. The maximum absolute atomic E-state index is 5.71. The SMILES string of the molecule is CN=C(NCCCOCC1CCOC1)NCCCSc1ccccc1. The van der Waals surface area contributed by atoms with Gasteiger partial charge in [-0.05, 0) is 37.1 Å². The largest absolute Gasteiger partial charge is 0.381 e. The van der Waals surface area contributed by atoms with E-state index in [0.29, 0.717) is 5.92 Å². The summed E-state index contributed by atoms with van der Waals surface area (Å²) in [4.78, 5) is 5.58. The molecule has 0 spiro atoms. The molecule has 5 nitrogen and oxygen atoms in total. The van der Waals surface area contributed by atoms with E-state index >= 15 is 0 Å². The zero-order valence-corrected chi connectivity index (χ0v) is 16.0. The van der Waals surface area contributed by atoms with Crippen LogP contribution in [0.3, 0.4) is 0 Å². The van der Waals surface area contributed by atoms with Gasteiger partial charge in [-0.2, -0.15) is 0 Å². The zero-order valence-electron chi connectivity index (χ0n) is 15.2. The highest BCUT2D eigenvalue weighted by atomic mass is 32.2. The minimum absolute atomic E-state index is 0.594. The van der Waals surface area contributed by atoms with E-state index in [0.717, 1.165) is 70.5 Å². The standard InChI is InChI=1S/C19H31N3O2S/c1-20-19(21-10-5-12-23-15-17-9-13-24-16-17)22-11-6-14-25-18-7-3-2-4-8-18/h2-4,7-8,17H,5-6,9-16H2,1H3,(H2,20,21,22). The van der Waals surface area contributed by atoms with Crippen molar-refractivity contribution in [3.8, 4) is 0 Å². The summed E-state index contributed by atoms with van der Waals surface area (Å²) in [6.45, 7) is 5.16. The Kier molecular flexibility index (Phi) is 10.5. The Balaban J connectivity index is 1.42. The van der Waals surface area contributed by atoms with Crippen LogP contribution in [-0.2, 0) is 9.47 Å². The van der Waals surface area contributed by atoms with Gasteiger partial charge in [0.05, 0.1) is 13.2 Å². The summed E-state index contributed by atoms with van der Waals surface area (Å²) < 4.78 is 11.0. The van der Waals surface area contributed by atoms with E-state index in [1.165, 1.54) is 4.90 Å². The van der Waals surface area contributed by atoms with Gasteiger partial charge in [-0.25, -0.2) is 0 Å². The minimum atomic E-state index is 0.594. The number of thioether (sulfide) groups is 1. The van der Waals surface area contributed by atoms with E-state index in [1.807, 2.05) is 18.8 Å². The van der Waals surface area contributed by atoms with Gasteiger partial charge in [0.2, 0.25) is 0 Å². The molecule has 0 saturated carbocycles. The molecule has 2 rings (SSSR count). The Labute approximate surface area is 156 Å². The number of hydrogen-bond acceptors (Lipinski definition) is 4. The summed E-state index contributed by atoms with van der Waals surface area (Å²) >= 11 is 1.89. The van der Waals surface area contributed by atoms with E-state index in [9.17, 15) is 0 Å². The summed E-state index contributed by atoms with van der Waals surface area (Å²) in [5.74, 6) is 2.57. The Hall–Kier alpha value is -1.24. The van der Waals surface area contributed by atoms with Gasteiger partial charge in [-0.15, -0.1) is 11.8 Å². The van der Waals surface area contributed by atoms with Crippen molar-refractivity contribution in [1.82, 2.24) is 10.6 Å². The van der Waals surface area contributed by atoms with Crippen LogP contribution in [0, 0.1) is 5.92 Å². The Bertz CT molecular complexity index is 479. The number of hydrogen-bond donors (Lipinski definition) is 2. The molecule has 1 fully saturated rings. The molecule has 1 saturated heterocycles. The third-order valence-corrected chi connectivity index (χ3v) is 5.08. The highest BCUT2D eigenvalue weighted by molar-refractivity contribution is 7.99. The summed E-state index contributed by atoms with van der Waals surface area (Å²) in [5.41, 5.74) is 0. The van der Waals surface area contributed by atoms with Crippen LogP contribution in [-0.4, -0.2) is 58.3 Å². The van der Waals surface area contributed by atoms with E-state index < -0.39 is 0 Å². The highest BCUT2D eigenvalue weighted by Crippen LogP contribution is 2.17. The smallest absolute Gasteiger partial charge is 0.190 e. The van der Waals surface area contributed by atoms with E-state index in [4.69, 9.17) is 9.47 Å². The second-order valence-corrected chi connectivity index (χ2v) is 7.27. The average molecular weight is 366 g/mol. The average Bonchev–Trinajstić information content (AvgIpc) is 3.17. The van der Waals surface area contributed by atoms with Gasteiger partial charge >= 0.3 is 0 Å². The lowest BCUT2D eigenvalue weighted by molar-refractivity contribution is 0.0888. The lowest BCUT2D eigenvalue weighted by atomic mass is 10.1. The quantitative estimate of drug-likeness (QED) is 0.273. The van der Waals surface area contributed by atoms with Crippen LogP contribution in [0.2, 0.25) is 0 Å². The molecule has 0 amide bonds. The van der Waals surface area contributed by atoms with Crippen molar-refractivity contribution < 1.29 is 9.47 Å². The van der Waals surface area contributed by atoms with Crippen molar-refractivity contribution in [2.45, 2.75) is 24.2 Å². The fraction of sp³-hybridized carbons (Fsp3) is 0.632. The van der Waals surface area contributed by atoms with Crippen LogP contribution < -0.4 is 10.6 Å². The van der Waals surface area contributed by atoms with Gasteiger partial charge < -0.3 is 20.1 Å². The number of nitrogens with one attached hydrogen (secondary N) is 2. The fourth-order valence-corrected chi connectivity index (χ4v) is 3.43. The molecular formula is C19H31N3O2S. The van der Waals surface area contributed by atoms with Gasteiger partial charge in [0.1, 0.15) is 0 Å². The van der Waals surface area contributed by atoms with Crippen molar-refractivity contribution >= 4 is 17.7 Å². The molecule has 140 valence electrons. The van der Waals surface area contributed by atoms with Gasteiger partial charge in [0.25, 0.3) is 0 Å². The molecule has 1 unspecified atom stereocenters. The molecule has 0 aliphatic carbocycles. The molecule has 0 radical (unpaired) electrons. The first-order valence-corrected chi connectivity index (χ1v) is 10.1. The molecule has 1 heterocycles. The van der Waals surface area contributed by atoms with Crippen LogP contribution in [0.5, 0.6) is 0 Å². The molecule has 1 aromatic rings. The maximum atomic E-state index is 5.71. The molecule has 0 aromatic heterocycles. The second-order valence-electron chi connectivity index (χ2n) is 6.10. The first-order chi connectivity index (χ1) is 12.4. The molecule has 1 aliphatic heterocycles. The Morgan fingerprint density at radius 3 is 2.76 bits per heavy atom. The second kappa shape index (κ2) is 13.0. The minimum Gasteiger partial charge on any atom is -0.381 e. The van der Waals surface area contributed by atoms with Gasteiger partial charge in [0.15, 0.2) is 5.96 Å². The molecule has 0 bridgehead atoms. The monoisotopic (exact) mass is 365 g/mol. The number of ether oxygens (including phenoxy) is 2. The van der Waals surface area contributed by atoms with Crippen LogP contribution in [0.25, 0.3) is 0 Å². The predicted molar refractivity (Wildman–Crippen MR) is 106 cm³/mol. The van der Waals surface area contributed by atoms with E-state index in [2.05, 4.69) is 46.0 Å². The molecule has 1 aliphatic rings. The fourth-order valence-electron chi connectivity index (χ4n) is 2.55. The highest BCUT2D eigenvalue weighted by Gasteiger charge is 2.15. The van der Waals surface area contributed by atoms with Crippen molar-refractivity contribution in [3.05, 3.63) is 30.3 Å². The van der Waals surface area contributed by atoms with Gasteiger partial charge in [-0.1, -0.05) is 18.2 Å². The number of rotatable bonds is 11. The lowest BCUT2D eigenvalue weighted by Gasteiger charge is -2.12. The maximum Gasteiger partial charge on any atom is 0.190 e. The summed E-state index contributed by atoms with van der Waals surface area (Å²) in [6.07, 6.45) is 3.22. The van der Waals surface area contributed by atoms with Crippen LogP contribution in [0.4, 0.5) is 0 Å². The number of benzene rings is 1. The van der Waals surface area contributed by atoms with Gasteiger partial charge in [-0.3, -0.25) is 4.99 Å². The Morgan fingerprint density at radius 2 is 2.04 bits per heavy atom. The van der Waals surface area contributed by atoms with Crippen LogP contribution in [0.15, 0.2) is 40.2 Å². The zero-order chi connectivity index (χ0) is 17.6. The van der Waals surface area contributed by atoms with Crippen molar-refractivity contribution in [2.24, 2.45) is 10.9 Å². The number of nitrogens with zero attached hydrogens (tertiary/aromatic N) is 1. The van der Waals surface area contributed by atoms with Crippen molar-refractivity contribution in [1.29, 1.82) is 0 Å². The first kappa shape index (κ1) is 20.1. The number of aliphatic imine (C=N–C) groups is 1. The van der Waals surface area contributed by atoms with Crippen LogP contribution in [0.1, 0.15) is 19.3 Å². The Morgan fingerprint density at radius 1 is 1.24 bits per heavy atom. The summed E-state index contributed by atoms with van der Waals surface area (Å²) in [5, 5.41) is 6.69. The normalized spacial score (nSPS) is 17.6. The van der Waals surface area contributed by atoms with Gasteiger partial charge in [0, 0.05) is 44.2 Å². The van der Waals surface area contributed by atoms with Crippen molar-refractivity contribution in [2.75, 3.05) is 52.3 Å². The molecule has 1 aromatic carbocycles. The van der Waals surface area contributed by atoms with E-state index in [1.54, 1.807) is 0 Å². The van der Waals surface area contributed by atoms with Crippen LogP contribution >= 0.6 is 11.8 Å². The summed E-state index contributed by atoms with van der Waals surface area (Å²) in [6, 6.07) is 10.5. The lowest BCUT2D eigenvalue weighted by Crippen LogP contribution is -2.38. The third kappa shape index (κ3) is 9.14. The number of guanidine groups is 1. The first-order valence-electron chi connectivity index (χ1n) is 9.16. The molecule has 2 N–H and O–H groups in total. The third-order valence-electron chi connectivity index (χ3n) is 3.98. The predicted octanol–water partition coefficient (Wildman–Crippen LogP) is 2.78.